The molecule has 2 nitrogen and oxygen atoms in total. The monoisotopic (exact) mass is 270 g/mol. The fraction of sp³-hybridized carbons (Fsp3) is 0.556. The minimum atomic E-state index is 0.537. The zero-order chi connectivity index (χ0) is 13.8. The first-order valence-electron chi connectivity index (χ1n) is 8.07. The van der Waals surface area contributed by atoms with Crippen molar-refractivity contribution in [3.05, 3.63) is 48.0 Å². The molecule has 1 aliphatic heterocycles. The van der Waals surface area contributed by atoms with Gasteiger partial charge in [0, 0.05) is 31.2 Å². The first kappa shape index (κ1) is 13.8. The molecule has 1 aromatic carbocycles. The molecule has 0 aromatic heterocycles. The molecule has 3 rings (SSSR count). The molecular formula is C18H26N2. The van der Waals surface area contributed by atoms with E-state index >= 15 is 0 Å². The minimum Gasteiger partial charge on any atom is -0.311 e. The summed E-state index contributed by atoms with van der Waals surface area (Å²) >= 11 is 0. The average molecular weight is 270 g/mol. The molecule has 1 aromatic rings. The number of nitrogens with one attached hydrogen (secondary N) is 1. The number of hydrogen-bond acceptors (Lipinski definition) is 2. The summed E-state index contributed by atoms with van der Waals surface area (Å²) < 4.78 is 0. The van der Waals surface area contributed by atoms with Gasteiger partial charge in [-0.2, -0.15) is 0 Å². The lowest BCUT2D eigenvalue weighted by molar-refractivity contribution is 0.0745. The van der Waals surface area contributed by atoms with Crippen LogP contribution in [-0.4, -0.2) is 30.1 Å². The maximum atomic E-state index is 3.73. The van der Waals surface area contributed by atoms with Crippen molar-refractivity contribution in [1.29, 1.82) is 0 Å². The van der Waals surface area contributed by atoms with Crippen LogP contribution in [0.3, 0.4) is 0 Å². The fourth-order valence-corrected chi connectivity index (χ4v) is 3.58. The van der Waals surface area contributed by atoms with Crippen LogP contribution < -0.4 is 5.32 Å². The minimum absolute atomic E-state index is 0.537. The Hall–Kier alpha value is -1.12. The second kappa shape index (κ2) is 6.55. The summed E-state index contributed by atoms with van der Waals surface area (Å²) in [5.74, 6) is 0. The Labute approximate surface area is 122 Å². The Morgan fingerprint density at radius 1 is 1.20 bits per heavy atom. The highest BCUT2D eigenvalue weighted by Gasteiger charge is 2.32. The van der Waals surface area contributed by atoms with E-state index < -0.39 is 0 Å². The quantitative estimate of drug-likeness (QED) is 0.845. The van der Waals surface area contributed by atoms with Gasteiger partial charge in [0.1, 0.15) is 0 Å². The van der Waals surface area contributed by atoms with Crippen molar-refractivity contribution in [2.24, 2.45) is 0 Å². The Kier molecular flexibility index (Phi) is 4.54. The SMILES string of the molecule is CCC1CN(C2CC=CCC2)C(c2ccccc2)CN1. The number of piperazine rings is 1. The molecule has 0 amide bonds. The van der Waals surface area contributed by atoms with E-state index in [-0.39, 0.29) is 0 Å². The van der Waals surface area contributed by atoms with Gasteiger partial charge in [0.15, 0.2) is 0 Å². The van der Waals surface area contributed by atoms with Gasteiger partial charge in [0.25, 0.3) is 0 Å². The summed E-state index contributed by atoms with van der Waals surface area (Å²) in [6.07, 6.45) is 9.72. The molecule has 3 unspecified atom stereocenters. The van der Waals surface area contributed by atoms with Crippen molar-refractivity contribution in [2.75, 3.05) is 13.1 Å². The zero-order valence-electron chi connectivity index (χ0n) is 12.5. The van der Waals surface area contributed by atoms with Crippen LogP contribution in [0.15, 0.2) is 42.5 Å². The summed E-state index contributed by atoms with van der Waals surface area (Å²) in [7, 11) is 0. The smallest absolute Gasteiger partial charge is 0.0476 e. The van der Waals surface area contributed by atoms with Crippen LogP contribution in [0.5, 0.6) is 0 Å². The lowest BCUT2D eigenvalue weighted by Crippen LogP contribution is -2.55. The van der Waals surface area contributed by atoms with Crippen LogP contribution in [0, 0.1) is 0 Å². The highest BCUT2D eigenvalue weighted by atomic mass is 15.3. The first-order valence-corrected chi connectivity index (χ1v) is 8.07. The van der Waals surface area contributed by atoms with Gasteiger partial charge < -0.3 is 5.32 Å². The van der Waals surface area contributed by atoms with Gasteiger partial charge in [-0.25, -0.2) is 0 Å². The predicted octanol–water partition coefficient (Wildman–Crippen LogP) is 3.52. The van der Waals surface area contributed by atoms with Gasteiger partial charge >= 0.3 is 0 Å². The Morgan fingerprint density at radius 3 is 2.75 bits per heavy atom. The third-order valence-corrected chi connectivity index (χ3v) is 4.82. The molecule has 0 radical (unpaired) electrons. The maximum Gasteiger partial charge on any atom is 0.0476 e. The summed E-state index contributed by atoms with van der Waals surface area (Å²) in [6.45, 7) is 4.57. The van der Waals surface area contributed by atoms with Crippen molar-refractivity contribution < 1.29 is 0 Å². The van der Waals surface area contributed by atoms with E-state index in [0.717, 1.165) is 12.6 Å². The van der Waals surface area contributed by atoms with Crippen molar-refractivity contribution in [1.82, 2.24) is 10.2 Å². The zero-order valence-corrected chi connectivity index (χ0v) is 12.5. The van der Waals surface area contributed by atoms with Gasteiger partial charge in [0.2, 0.25) is 0 Å². The molecule has 1 N–H and O–H groups in total. The predicted molar refractivity (Wildman–Crippen MR) is 84.7 cm³/mol. The van der Waals surface area contributed by atoms with Crippen LogP contribution in [0.1, 0.15) is 44.2 Å². The summed E-state index contributed by atoms with van der Waals surface area (Å²) in [6, 6.07) is 12.9. The van der Waals surface area contributed by atoms with E-state index in [2.05, 4.69) is 59.6 Å². The molecule has 1 saturated heterocycles. The number of nitrogens with zero attached hydrogens (tertiary/aromatic N) is 1. The number of rotatable bonds is 3. The molecule has 0 spiro atoms. The van der Waals surface area contributed by atoms with Gasteiger partial charge in [-0.05, 0) is 31.2 Å². The molecule has 2 aliphatic rings. The van der Waals surface area contributed by atoms with Crippen molar-refractivity contribution in [3.8, 4) is 0 Å². The van der Waals surface area contributed by atoms with Crippen LogP contribution in [-0.2, 0) is 0 Å². The van der Waals surface area contributed by atoms with Crippen molar-refractivity contribution in [3.63, 3.8) is 0 Å². The van der Waals surface area contributed by atoms with Gasteiger partial charge in [-0.3, -0.25) is 4.90 Å². The number of benzene rings is 1. The molecule has 20 heavy (non-hydrogen) atoms. The van der Waals surface area contributed by atoms with E-state index in [4.69, 9.17) is 0 Å². The largest absolute Gasteiger partial charge is 0.311 e. The van der Waals surface area contributed by atoms with E-state index in [0.29, 0.717) is 12.1 Å². The van der Waals surface area contributed by atoms with Crippen LogP contribution >= 0.6 is 0 Å². The highest BCUT2D eigenvalue weighted by Crippen LogP contribution is 2.30. The number of allylic oxidation sites excluding steroid dienone is 1. The third kappa shape index (κ3) is 2.97. The topological polar surface area (TPSA) is 15.3 Å². The first-order chi connectivity index (χ1) is 9.88. The molecule has 1 fully saturated rings. The fourth-order valence-electron chi connectivity index (χ4n) is 3.58. The average Bonchev–Trinajstić information content (AvgIpc) is 2.56. The van der Waals surface area contributed by atoms with E-state index in [1.165, 1.54) is 37.8 Å². The molecule has 0 saturated carbocycles. The highest BCUT2D eigenvalue weighted by molar-refractivity contribution is 5.21. The normalized spacial score (nSPS) is 31.4. The lowest BCUT2D eigenvalue weighted by atomic mass is 9.93. The van der Waals surface area contributed by atoms with Crippen molar-refractivity contribution in [2.45, 2.75) is 50.7 Å². The molecule has 1 aliphatic carbocycles. The number of hydrogen-bond donors (Lipinski definition) is 1. The standard InChI is InChI=1S/C18H26N2/c1-2-16-14-20(17-11-7-4-8-12-17)18(13-19-16)15-9-5-3-6-10-15/h3-7,9-10,16-19H,2,8,11-14H2,1H3. The van der Waals surface area contributed by atoms with E-state index in [9.17, 15) is 0 Å². The summed E-state index contributed by atoms with van der Waals surface area (Å²) in [5, 5.41) is 3.73. The van der Waals surface area contributed by atoms with Crippen LogP contribution in [0.4, 0.5) is 0 Å². The third-order valence-electron chi connectivity index (χ3n) is 4.82. The lowest BCUT2D eigenvalue weighted by Gasteiger charge is -2.45. The van der Waals surface area contributed by atoms with Gasteiger partial charge in [-0.15, -0.1) is 0 Å². The van der Waals surface area contributed by atoms with Gasteiger partial charge in [-0.1, -0.05) is 49.4 Å². The molecular weight excluding hydrogens is 244 g/mol. The second-order valence-corrected chi connectivity index (χ2v) is 6.07. The van der Waals surface area contributed by atoms with E-state index in [1.54, 1.807) is 0 Å². The summed E-state index contributed by atoms with van der Waals surface area (Å²) in [4.78, 5) is 2.77. The molecule has 1 heterocycles. The van der Waals surface area contributed by atoms with Gasteiger partial charge in [0.05, 0.1) is 0 Å². The Morgan fingerprint density at radius 2 is 2.05 bits per heavy atom. The maximum absolute atomic E-state index is 3.73. The second-order valence-electron chi connectivity index (χ2n) is 6.07. The van der Waals surface area contributed by atoms with Crippen LogP contribution in [0.2, 0.25) is 0 Å². The molecule has 2 heteroatoms. The molecule has 3 atom stereocenters. The van der Waals surface area contributed by atoms with Crippen molar-refractivity contribution >= 4 is 0 Å². The Bertz CT molecular complexity index is 440. The Balaban J connectivity index is 1.81. The molecule has 108 valence electrons. The summed E-state index contributed by atoms with van der Waals surface area (Å²) in [5.41, 5.74) is 1.46. The van der Waals surface area contributed by atoms with Crippen LogP contribution in [0.25, 0.3) is 0 Å². The van der Waals surface area contributed by atoms with E-state index in [1.807, 2.05) is 0 Å². The molecule has 0 bridgehead atoms.